The third-order valence-electron chi connectivity index (χ3n) is 4.84. The van der Waals surface area contributed by atoms with Crippen LogP contribution in [-0.2, 0) is 13.3 Å². The summed E-state index contributed by atoms with van der Waals surface area (Å²) in [5.41, 5.74) is 0. The summed E-state index contributed by atoms with van der Waals surface area (Å²) in [6.07, 6.45) is 0. The molecular weight excluding hydrogens is 340 g/mol. The Kier molecular flexibility index (Phi) is 4.67. The molecule has 0 heterocycles. The molecule has 0 radical (unpaired) electrons. The maximum Gasteiger partial charge on any atom is 0.537 e. The minimum Gasteiger partial charge on any atom is -0.370 e. The van der Waals surface area contributed by atoms with Gasteiger partial charge in [-0.1, -0.05) is 48.5 Å². The van der Waals surface area contributed by atoms with Crippen LogP contribution in [0.3, 0.4) is 0 Å². The van der Waals surface area contributed by atoms with E-state index >= 15 is 0 Å². The standard InChI is InChI=1S/C22H24O3Si/c1-4-23-26(24-5-2,25-6-3)20-15-18-11-7-9-16-13-14-17-10-8-12-19(20)22(17)21(16)18/h7-15H,4-6H2,1-3H3. The SMILES string of the molecule is CCO[Si](OCC)(OCC)c1cc2cccc3ccc4cccc1c4c32. The third kappa shape index (κ3) is 2.61. The summed E-state index contributed by atoms with van der Waals surface area (Å²) in [7, 11) is -2.99. The molecule has 26 heavy (non-hydrogen) atoms. The van der Waals surface area contributed by atoms with Crippen molar-refractivity contribution in [1.29, 1.82) is 0 Å². The van der Waals surface area contributed by atoms with Gasteiger partial charge < -0.3 is 13.3 Å². The minimum absolute atomic E-state index is 0.561. The average molecular weight is 365 g/mol. The predicted octanol–water partition coefficient (Wildman–Crippen LogP) is 4.84. The molecule has 0 bridgehead atoms. The Morgan fingerprint density at radius 2 is 1.19 bits per heavy atom. The summed E-state index contributed by atoms with van der Waals surface area (Å²) in [6, 6.07) is 19.5. The summed E-state index contributed by atoms with van der Waals surface area (Å²) in [5, 5.41) is 8.52. The largest absolute Gasteiger partial charge is 0.537 e. The summed E-state index contributed by atoms with van der Waals surface area (Å²) in [4.78, 5) is 0. The van der Waals surface area contributed by atoms with Crippen molar-refractivity contribution in [2.24, 2.45) is 0 Å². The van der Waals surface area contributed by atoms with Gasteiger partial charge >= 0.3 is 8.80 Å². The Labute approximate surface area is 155 Å². The molecule has 0 N–H and O–H groups in total. The Morgan fingerprint density at radius 1 is 0.654 bits per heavy atom. The van der Waals surface area contributed by atoms with Crippen LogP contribution in [-0.4, -0.2) is 28.6 Å². The number of benzene rings is 4. The molecule has 0 fully saturated rings. The highest BCUT2D eigenvalue weighted by Gasteiger charge is 2.45. The van der Waals surface area contributed by atoms with Crippen LogP contribution in [0.2, 0.25) is 0 Å². The Hall–Kier alpha value is -1.98. The van der Waals surface area contributed by atoms with Crippen LogP contribution in [0.15, 0.2) is 54.6 Å². The molecule has 0 saturated carbocycles. The number of rotatable bonds is 7. The van der Waals surface area contributed by atoms with E-state index in [1.807, 2.05) is 20.8 Å². The molecule has 3 nitrogen and oxygen atoms in total. The van der Waals surface area contributed by atoms with Crippen LogP contribution < -0.4 is 5.19 Å². The fourth-order valence-electron chi connectivity index (χ4n) is 3.94. The summed E-state index contributed by atoms with van der Waals surface area (Å²) < 4.78 is 18.7. The van der Waals surface area contributed by atoms with Gasteiger partial charge in [-0.05, 0) is 59.2 Å². The Balaban J connectivity index is 2.14. The molecule has 0 aliphatic heterocycles. The van der Waals surface area contributed by atoms with E-state index in [1.54, 1.807) is 0 Å². The van der Waals surface area contributed by atoms with Crippen LogP contribution in [0.25, 0.3) is 32.3 Å². The fourth-order valence-corrected chi connectivity index (χ4v) is 6.67. The van der Waals surface area contributed by atoms with Gasteiger partial charge in [0, 0.05) is 25.0 Å². The monoisotopic (exact) mass is 364 g/mol. The van der Waals surface area contributed by atoms with Gasteiger partial charge in [-0.3, -0.25) is 0 Å². The van der Waals surface area contributed by atoms with Crippen molar-refractivity contribution >= 4 is 46.3 Å². The van der Waals surface area contributed by atoms with Crippen molar-refractivity contribution in [2.45, 2.75) is 20.8 Å². The van der Waals surface area contributed by atoms with Crippen molar-refractivity contribution in [3.05, 3.63) is 54.6 Å². The first-order valence-corrected chi connectivity index (χ1v) is 11.1. The number of hydrogen-bond acceptors (Lipinski definition) is 3. The zero-order valence-corrected chi connectivity index (χ0v) is 16.5. The maximum atomic E-state index is 6.22. The molecule has 0 aromatic heterocycles. The van der Waals surface area contributed by atoms with Crippen molar-refractivity contribution in [3.8, 4) is 0 Å². The van der Waals surface area contributed by atoms with Gasteiger partial charge in [0.1, 0.15) is 0 Å². The van der Waals surface area contributed by atoms with Crippen LogP contribution in [0.5, 0.6) is 0 Å². The molecule has 0 unspecified atom stereocenters. The van der Waals surface area contributed by atoms with E-state index in [4.69, 9.17) is 13.3 Å². The molecule has 0 amide bonds. The second-order valence-electron chi connectivity index (χ2n) is 6.33. The molecule has 4 aromatic carbocycles. The van der Waals surface area contributed by atoms with Crippen LogP contribution >= 0.6 is 0 Å². The van der Waals surface area contributed by atoms with Crippen molar-refractivity contribution in [2.75, 3.05) is 19.8 Å². The van der Waals surface area contributed by atoms with Gasteiger partial charge in [0.05, 0.1) is 0 Å². The molecule has 4 rings (SSSR count). The highest BCUT2D eigenvalue weighted by Crippen LogP contribution is 2.34. The van der Waals surface area contributed by atoms with E-state index < -0.39 is 8.80 Å². The Morgan fingerprint density at radius 3 is 1.81 bits per heavy atom. The molecule has 0 aliphatic carbocycles. The molecule has 4 heteroatoms. The lowest BCUT2D eigenvalue weighted by atomic mass is 9.94. The van der Waals surface area contributed by atoms with Gasteiger partial charge in [0.15, 0.2) is 0 Å². The second-order valence-corrected chi connectivity index (χ2v) is 8.84. The normalized spacial score (nSPS) is 12.6. The van der Waals surface area contributed by atoms with E-state index in [0.717, 1.165) is 5.19 Å². The lowest BCUT2D eigenvalue weighted by Gasteiger charge is -2.30. The predicted molar refractivity (Wildman–Crippen MR) is 110 cm³/mol. The number of hydrogen-bond donors (Lipinski definition) is 0. The topological polar surface area (TPSA) is 27.7 Å². The highest BCUT2D eigenvalue weighted by atomic mass is 28.4. The first kappa shape index (κ1) is 17.4. The quantitative estimate of drug-likeness (QED) is 0.347. The molecule has 0 aliphatic rings. The van der Waals surface area contributed by atoms with Gasteiger partial charge in [-0.2, -0.15) is 0 Å². The third-order valence-corrected chi connectivity index (χ3v) is 7.92. The lowest BCUT2D eigenvalue weighted by Crippen LogP contribution is -2.57. The van der Waals surface area contributed by atoms with Crippen molar-refractivity contribution in [1.82, 2.24) is 0 Å². The van der Waals surface area contributed by atoms with E-state index in [-0.39, 0.29) is 0 Å². The first-order chi connectivity index (χ1) is 12.7. The van der Waals surface area contributed by atoms with Crippen molar-refractivity contribution < 1.29 is 13.3 Å². The second kappa shape index (κ2) is 6.97. The lowest BCUT2D eigenvalue weighted by molar-refractivity contribution is 0.0862. The fraction of sp³-hybridized carbons (Fsp3) is 0.273. The van der Waals surface area contributed by atoms with E-state index in [9.17, 15) is 0 Å². The van der Waals surface area contributed by atoms with Gasteiger partial charge in [-0.25, -0.2) is 0 Å². The highest BCUT2D eigenvalue weighted by molar-refractivity contribution is 6.78. The average Bonchev–Trinajstić information content (AvgIpc) is 2.66. The molecule has 0 spiro atoms. The molecular formula is C22H24O3Si. The van der Waals surface area contributed by atoms with Crippen LogP contribution in [0.4, 0.5) is 0 Å². The van der Waals surface area contributed by atoms with E-state index in [1.165, 1.54) is 32.3 Å². The van der Waals surface area contributed by atoms with Crippen molar-refractivity contribution in [3.63, 3.8) is 0 Å². The van der Waals surface area contributed by atoms with E-state index in [0.29, 0.717) is 19.8 Å². The zero-order chi connectivity index (χ0) is 18.1. The molecule has 0 atom stereocenters. The maximum absolute atomic E-state index is 6.22. The van der Waals surface area contributed by atoms with E-state index in [2.05, 4.69) is 54.6 Å². The minimum atomic E-state index is -2.99. The van der Waals surface area contributed by atoms with Crippen LogP contribution in [0, 0.1) is 0 Å². The molecule has 4 aromatic rings. The summed E-state index contributed by atoms with van der Waals surface area (Å²) in [5.74, 6) is 0. The Bertz CT molecular complexity index is 1030. The van der Waals surface area contributed by atoms with Gasteiger partial charge in [0.25, 0.3) is 0 Å². The van der Waals surface area contributed by atoms with Crippen LogP contribution in [0.1, 0.15) is 20.8 Å². The van der Waals surface area contributed by atoms with Gasteiger partial charge in [0.2, 0.25) is 0 Å². The zero-order valence-electron chi connectivity index (χ0n) is 15.5. The summed E-state index contributed by atoms with van der Waals surface area (Å²) >= 11 is 0. The molecule has 134 valence electrons. The molecule has 0 saturated heterocycles. The smallest absolute Gasteiger partial charge is 0.370 e. The first-order valence-electron chi connectivity index (χ1n) is 9.33. The van der Waals surface area contributed by atoms with Gasteiger partial charge in [-0.15, -0.1) is 0 Å². The summed E-state index contributed by atoms with van der Waals surface area (Å²) in [6.45, 7) is 7.68.